The highest BCUT2D eigenvalue weighted by Gasteiger charge is 2.14. The number of anilines is 3. The number of carbonyl (C=O) groups excluding carboxylic acids is 1. The van der Waals surface area contributed by atoms with Crippen LogP contribution in [0, 0.1) is 11.6 Å². The summed E-state index contributed by atoms with van der Waals surface area (Å²) < 4.78 is 27.3. The molecule has 0 spiro atoms. The van der Waals surface area contributed by atoms with Crippen LogP contribution in [-0.2, 0) is 0 Å². The molecule has 0 bridgehead atoms. The van der Waals surface area contributed by atoms with Gasteiger partial charge in [-0.1, -0.05) is 24.3 Å². The average Bonchev–Trinajstić information content (AvgIpc) is 2.71. The standard InChI is InChI=1S/C21H14F2N4O/c22-15-6-2-7-16(23)20(15)27-21(28)18-10-9-14(12-25-18)26-17-8-1-4-13-5-3-11-24-19(13)17/h1-12,26H,(H,27,28). The van der Waals surface area contributed by atoms with Gasteiger partial charge in [0.2, 0.25) is 0 Å². The molecule has 0 aliphatic rings. The number of aromatic nitrogens is 2. The molecule has 0 atom stereocenters. The van der Waals surface area contributed by atoms with Crippen LogP contribution in [0.15, 0.2) is 73.1 Å². The quantitative estimate of drug-likeness (QED) is 0.531. The first-order valence-electron chi connectivity index (χ1n) is 8.44. The Morgan fingerprint density at radius 1 is 0.857 bits per heavy atom. The summed E-state index contributed by atoms with van der Waals surface area (Å²) in [6.07, 6.45) is 3.18. The maximum Gasteiger partial charge on any atom is 0.274 e. The largest absolute Gasteiger partial charge is 0.352 e. The van der Waals surface area contributed by atoms with E-state index in [-0.39, 0.29) is 5.69 Å². The van der Waals surface area contributed by atoms with Crippen LogP contribution in [-0.4, -0.2) is 15.9 Å². The molecule has 0 radical (unpaired) electrons. The van der Waals surface area contributed by atoms with E-state index in [4.69, 9.17) is 0 Å². The molecular formula is C21H14F2N4O. The van der Waals surface area contributed by atoms with E-state index in [1.54, 1.807) is 12.3 Å². The number of para-hydroxylation sites is 2. The van der Waals surface area contributed by atoms with E-state index in [0.29, 0.717) is 5.69 Å². The van der Waals surface area contributed by atoms with Gasteiger partial charge >= 0.3 is 0 Å². The number of benzene rings is 2. The van der Waals surface area contributed by atoms with Crippen LogP contribution in [0.5, 0.6) is 0 Å². The van der Waals surface area contributed by atoms with Gasteiger partial charge in [-0.25, -0.2) is 13.8 Å². The van der Waals surface area contributed by atoms with Gasteiger partial charge in [-0.15, -0.1) is 0 Å². The van der Waals surface area contributed by atoms with Crippen molar-refractivity contribution in [2.45, 2.75) is 0 Å². The average molecular weight is 376 g/mol. The molecular weight excluding hydrogens is 362 g/mol. The molecule has 138 valence electrons. The lowest BCUT2D eigenvalue weighted by Crippen LogP contribution is -2.15. The summed E-state index contributed by atoms with van der Waals surface area (Å²) in [6, 6.07) is 16.1. The number of hydrogen-bond donors (Lipinski definition) is 2. The minimum absolute atomic E-state index is 0.0317. The number of nitrogens with one attached hydrogen (secondary N) is 2. The van der Waals surface area contributed by atoms with Crippen molar-refractivity contribution >= 4 is 33.9 Å². The Bertz CT molecular complexity index is 1140. The van der Waals surface area contributed by atoms with Crippen LogP contribution in [0.4, 0.5) is 25.8 Å². The van der Waals surface area contributed by atoms with Gasteiger partial charge in [-0.05, 0) is 36.4 Å². The van der Waals surface area contributed by atoms with Crippen LogP contribution >= 0.6 is 0 Å². The summed E-state index contributed by atoms with van der Waals surface area (Å²) in [5.41, 5.74) is 1.78. The maximum atomic E-state index is 13.7. The van der Waals surface area contributed by atoms with Crippen molar-refractivity contribution in [1.29, 1.82) is 0 Å². The van der Waals surface area contributed by atoms with Crippen molar-refractivity contribution in [2.75, 3.05) is 10.6 Å². The molecule has 0 aliphatic carbocycles. The number of carbonyl (C=O) groups is 1. The van der Waals surface area contributed by atoms with Gasteiger partial charge < -0.3 is 10.6 Å². The van der Waals surface area contributed by atoms with E-state index in [1.165, 1.54) is 18.3 Å². The van der Waals surface area contributed by atoms with E-state index in [2.05, 4.69) is 20.6 Å². The molecule has 7 heteroatoms. The SMILES string of the molecule is O=C(Nc1c(F)cccc1F)c1ccc(Nc2cccc3cccnc23)cn1. The van der Waals surface area contributed by atoms with Crippen LogP contribution in [0.3, 0.4) is 0 Å². The molecule has 4 rings (SSSR count). The fraction of sp³-hybridized carbons (Fsp3) is 0. The summed E-state index contributed by atoms with van der Waals surface area (Å²) in [6.45, 7) is 0. The van der Waals surface area contributed by atoms with E-state index in [9.17, 15) is 13.6 Å². The predicted molar refractivity (Wildman–Crippen MR) is 104 cm³/mol. The summed E-state index contributed by atoms with van der Waals surface area (Å²) in [5.74, 6) is -2.41. The third-order valence-electron chi connectivity index (χ3n) is 4.11. The summed E-state index contributed by atoms with van der Waals surface area (Å²) in [4.78, 5) is 20.7. The molecule has 28 heavy (non-hydrogen) atoms. The molecule has 4 aromatic rings. The van der Waals surface area contributed by atoms with Crippen LogP contribution in [0.25, 0.3) is 10.9 Å². The zero-order valence-electron chi connectivity index (χ0n) is 14.5. The number of amides is 1. The number of halogens is 2. The highest BCUT2D eigenvalue weighted by atomic mass is 19.1. The Morgan fingerprint density at radius 3 is 2.36 bits per heavy atom. The van der Waals surface area contributed by atoms with Gasteiger partial charge in [0, 0.05) is 11.6 Å². The molecule has 2 aromatic carbocycles. The molecule has 0 saturated heterocycles. The molecule has 2 heterocycles. The fourth-order valence-electron chi connectivity index (χ4n) is 2.76. The first kappa shape index (κ1) is 17.5. The second-order valence-electron chi connectivity index (χ2n) is 5.99. The lowest BCUT2D eigenvalue weighted by molar-refractivity contribution is 0.102. The topological polar surface area (TPSA) is 66.9 Å². The summed E-state index contributed by atoms with van der Waals surface area (Å²) in [7, 11) is 0. The number of hydrogen-bond acceptors (Lipinski definition) is 4. The highest BCUT2D eigenvalue weighted by Crippen LogP contribution is 2.24. The molecule has 0 aliphatic heterocycles. The molecule has 0 fully saturated rings. The first-order valence-corrected chi connectivity index (χ1v) is 8.44. The third kappa shape index (κ3) is 3.50. The van der Waals surface area contributed by atoms with Crippen molar-refractivity contribution in [3.05, 3.63) is 90.4 Å². The predicted octanol–water partition coefficient (Wildman–Crippen LogP) is 4.90. The zero-order chi connectivity index (χ0) is 19.5. The lowest BCUT2D eigenvalue weighted by Gasteiger charge is -2.10. The highest BCUT2D eigenvalue weighted by molar-refractivity contribution is 6.03. The van der Waals surface area contributed by atoms with Gasteiger partial charge in [0.05, 0.1) is 23.1 Å². The van der Waals surface area contributed by atoms with Crippen LogP contribution in [0.1, 0.15) is 10.5 Å². The smallest absolute Gasteiger partial charge is 0.274 e. The van der Waals surface area contributed by atoms with Crippen molar-refractivity contribution in [2.24, 2.45) is 0 Å². The minimum atomic E-state index is -0.852. The summed E-state index contributed by atoms with van der Waals surface area (Å²) in [5, 5.41) is 6.40. The number of pyridine rings is 2. The minimum Gasteiger partial charge on any atom is -0.352 e. The molecule has 2 aromatic heterocycles. The van der Waals surface area contributed by atoms with Gasteiger partial charge in [0.1, 0.15) is 23.0 Å². The number of rotatable bonds is 4. The second kappa shape index (κ2) is 7.40. The Morgan fingerprint density at radius 2 is 1.61 bits per heavy atom. The first-order chi connectivity index (χ1) is 13.6. The van der Waals surface area contributed by atoms with Gasteiger partial charge in [-0.3, -0.25) is 9.78 Å². The van der Waals surface area contributed by atoms with Crippen molar-refractivity contribution in [1.82, 2.24) is 9.97 Å². The third-order valence-corrected chi connectivity index (χ3v) is 4.11. The monoisotopic (exact) mass is 376 g/mol. The maximum absolute atomic E-state index is 13.7. The second-order valence-corrected chi connectivity index (χ2v) is 5.99. The zero-order valence-corrected chi connectivity index (χ0v) is 14.5. The van der Waals surface area contributed by atoms with Gasteiger partial charge in [0.15, 0.2) is 0 Å². The van der Waals surface area contributed by atoms with Crippen molar-refractivity contribution in [3.8, 4) is 0 Å². The van der Waals surface area contributed by atoms with E-state index >= 15 is 0 Å². The fourth-order valence-corrected chi connectivity index (χ4v) is 2.76. The van der Waals surface area contributed by atoms with E-state index in [1.807, 2.05) is 30.3 Å². The Hall–Kier alpha value is -3.87. The Labute approximate surface area is 159 Å². The van der Waals surface area contributed by atoms with Gasteiger partial charge in [-0.2, -0.15) is 0 Å². The molecule has 1 amide bonds. The lowest BCUT2D eigenvalue weighted by atomic mass is 10.2. The van der Waals surface area contributed by atoms with Crippen LogP contribution < -0.4 is 10.6 Å². The Kier molecular flexibility index (Phi) is 4.63. The van der Waals surface area contributed by atoms with Gasteiger partial charge in [0.25, 0.3) is 5.91 Å². The van der Waals surface area contributed by atoms with E-state index < -0.39 is 23.2 Å². The number of fused-ring (bicyclic) bond motifs is 1. The molecule has 5 nitrogen and oxygen atoms in total. The van der Waals surface area contributed by atoms with Crippen LogP contribution in [0.2, 0.25) is 0 Å². The van der Waals surface area contributed by atoms with E-state index in [0.717, 1.165) is 28.7 Å². The number of nitrogens with zero attached hydrogens (tertiary/aromatic N) is 2. The molecule has 0 unspecified atom stereocenters. The van der Waals surface area contributed by atoms with Crippen molar-refractivity contribution < 1.29 is 13.6 Å². The summed E-state index contributed by atoms with van der Waals surface area (Å²) >= 11 is 0. The Balaban J connectivity index is 1.53. The van der Waals surface area contributed by atoms with Crippen molar-refractivity contribution in [3.63, 3.8) is 0 Å². The normalized spacial score (nSPS) is 10.6. The molecule has 0 saturated carbocycles. The molecule has 2 N–H and O–H groups in total.